The fourth-order valence-corrected chi connectivity index (χ4v) is 3.99. The summed E-state index contributed by atoms with van der Waals surface area (Å²) in [5.41, 5.74) is 3.38. The topological polar surface area (TPSA) is 54.0 Å². The average Bonchev–Trinajstić information content (AvgIpc) is 2.88. The summed E-state index contributed by atoms with van der Waals surface area (Å²) in [5.74, 6) is 0.653. The minimum absolute atomic E-state index is 0.00955. The van der Waals surface area contributed by atoms with Crippen molar-refractivity contribution in [1.82, 2.24) is 15.6 Å². The molecule has 4 nitrogen and oxygen atoms in total. The lowest BCUT2D eigenvalue weighted by atomic mass is 9.88. The first-order chi connectivity index (χ1) is 11.5. The third-order valence-corrected chi connectivity index (χ3v) is 6.21. The Morgan fingerprint density at radius 1 is 1.25 bits per heavy atom. The Bertz CT molecular complexity index is 719. The maximum absolute atomic E-state index is 12.4. The highest BCUT2D eigenvalue weighted by Crippen LogP contribution is 2.32. The highest BCUT2D eigenvalue weighted by atomic mass is 32.1. The van der Waals surface area contributed by atoms with Crippen LogP contribution in [0, 0.1) is 25.7 Å². The van der Waals surface area contributed by atoms with Crippen LogP contribution in [0.2, 0.25) is 0 Å². The molecule has 1 aliphatic rings. The molecule has 0 aliphatic carbocycles. The summed E-state index contributed by atoms with van der Waals surface area (Å²) in [6.07, 6.45) is 0. The molecule has 0 saturated carbocycles. The minimum atomic E-state index is -0.00955. The standard InChI is InChI=1S/C19H25N3OS/c1-11-5-7-15(8-6-11)19-22-14(4)17(24-19)13(3)21-18(23)12(2)16-9-20-10-16/h5-8,12-13,16,20H,9-10H2,1-4H3,(H,21,23). The number of nitrogens with zero attached hydrogens (tertiary/aromatic N) is 1. The van der Waals surface area contributed by atoms with Crippen LogP contribution in [-0.4, -0.2) is 24.0 Å². The Kier molecular flexibility index (Phi) is 5.01. The summed E-state index contributed by atoms with van der Waals surface area (Å²) in [5, 5.41) is 7.41. The van der Waals surface area contributed by atoms with Crippen molar-refractivity contribution in [3.63, 3.8) is 0 Å². The molecule has 2 aromatic rings. The Morgan fingerprint density at radius 3 is 2.50 bits per heavy atom. The molecule has 2 atom stereocenters. The van der Waals surface area contributed by atoms with Gasteiger partial charge >= 0.3 is 0 Å². The largest absolute Gasteiger partial charge is 0.348 e. The van der Waals surface area contributed by atoms with E-state index in [0.29, 0.717) is 5.92 Å². The van der Waals surface area contributed by atoms with Gasteiger partial charge in [0.05, 0.1) is 16.6 Å². The van der Waals surface area contributed by atoms with E-state index < -0.39 is 0 Å². The molecule has 0 spiro atoms. The molecule has 2 heterocycles. The maximum atomic E-state index is 12.4. The van der Waals surface area contributed by atoms with Gasteiger partial charge in [0.15, 0.2) is 0 Å². The summed E-state index contributed by atoms with van der Waals surface area (Å²) in [6.45, 7) is 10.1. The molecule has 5 heteroatoms. The molecule has 1 saturated heterocycles. The first-order valence-corrected chi connectivity index (χ1v) is 9.33. The van der Waals surface area contributed by atoms with Crippen LogP contribution in [0.15, 0.2) is 24.3 Å². The molecule has 0 bridgehead atoms. The van der Waals surface area contributed by atoms with Gasteiger partial charge in [-0.3, -0.25) is 4.79 Å². The van der Waals surface area contributed by atoms with Crippen LogP contribution in [0.1, 0.15) is 36.0 Å². The smallest absolute Gasteiger partial charge is 0.223 e. The second-order valence-electron chi connectivity index (χ2n) is 6.77. The van der Waals surface area contributed by atoms with Crippen LogP contribution in [0.5, 0.6) is 0 Å². The third-order valence-electron chi connectivity index (χ3n) is 4.82. The van der Waals surface area contributed by atoms with Crippen LogP contribution in [0.4, 0.5) is 0 Å². The van der Waals surface area contributed by atoms with E-state index in [1.54, 1.807) is 11.3 Å². The van der Waals surface area contributed by atoms with Gasteiger partial charge in [-0.2, -0.15) is 0 Å². The Hall–Kier alpha value is -1.72. The molecular formula is C19H25N3OS. The molecule has 1 aromatic carbocycles. The van der Waals surface area contributed by atoms with Gasteiger partial charge in [-0.25, -0.2) is 4.98 Å². The van der Waals surface area contributed by atoms with Gasteiger partial charge in [0.25, 0.3) is 0 Å². The van der Waals surface area contributed by atoms with E-state index in [1.807, 2.05) is 20.8 Å². The quantitative estimate of drug-likeness (QED) is 0.874. The number of carbonyl (C=O) groups is 1. The number of hydrogen-bond acceptors (Lipinski definition) is 4. The van der Waals surface area contributed by atoms with Crippen LogP contribution >= 0.6 is 11.3 Å². The number of carbonyl (C=O) groups excluding carboxylic acids is 1. The van der Waals surface area contributed by atoms with Crippen LogP contribution in [0.3, 0.4) is 0 Å². The average molecular weight is 343 g/mol. The summed E-state index contributed by atoms with van der Waals surface area (Å²) >= 11 is 1.67. The Morgan fingerprint density at radius 2 is 1.92 bits per heavy atom. The highest BCUT2D eigenvalue weighted by molar-refractivity contribution is 7.15. The van der Waals surface area contributed by atoms with Gasteiger partial charge in [0, 0.05) is 11.5 Å². The molecule has 3 rings (SSSR count). The number of thiazole rings is 1. The number of benzene rings is 1. The Labute approximate surface area is 147 Å². The highest BCUT2D eigenvalue weighted by Gasteiger charge is 2.29. The number of amides is 1. The van der Waals surface area contributed by atoms with Crippen LogP contribution < -0.4 is 10.6 Å². The molecule has 1 fully saturated rings. The lowest BCUT2D eigenvalue weighted by Gasteiger charge is -2.32. The van der Waals surface area contributed by atoms with E-state index in [4.69, 9.17) is 4.98 Å². The first-order valence-electron chi connectivity index (χ1n) is 8.51. The van der Waals surface area contributed by atoms with E-state index in [2.05, 4.69) is 41.8 Å². The molecule has 2 unspecified atom stereocenters. The van der Waals surface area contributed by atoms with E-state index in [0.717, 1.165) is 34.2 Å². The molecule has 128 valence electrons. The van der Waals surface area contributed by atoms with Gasteiger partial charge in [-0.05, 0) is 39.8 Å². The summed E-state index contributed by atoms with van der Waals surface area (Å²) in [7, 11) is 0. The van der Waals surface area contributed by atoms with Gasteiger partial charge in [-0.15, -0.1) is 11.3 Å². The fourth-order valence-electron chi connectivity index (χ4n) is 2.92. The van der Waals surface area contributed by atoms with Gasteiger partial charge in [0.1, 0.15) is 5.01 Å². The summed E-state index contributed by atoms with van der Waals surface area (Å²) < 4.78 is 0. The molecule has 24 heavy (non-hydrogen) atoms. The lowest BCUT2D eigenvalue weighted by molar-refractivity contribution is -0.127. The number of hydrogen-bond donors (Lipinski definition) is 2. The molecule has 0 radical (unpaired) electrons. The lowest BCUT2D eigenvalue weighted by Crippen LogP contribution is -2.49. The predicted molar refractivity (Wildman–Crippen MR) is 99.1 cm³/mol. The van der Waals surface area contributed by atoms with Crippen molar-refractivity contribution in [1.29, 1.82) is 0 Å². The fraction of sp³-hybridized carbons (Fsp3) is 0.474. The van der Waals surface area contributed by atoms with Gasteiger partial charge < -0.3 is 10.6 Å². The zero-order valence-electron chi connectivity index (χ0n) is 14.7. The second kappa shape index (κ2) is 7.03. The van der Waals surface area contributed by atoms with Crippen molar-refractivity contribution >= 4 is 17.2 Å². The number of rotatable bonds is 5. The monoisotopic (exact) mass is 343 g/mol. The van der Waals surface area contributed by atoms with Gasteiger partial charge in [0.2, 0.25) is 5.91 Å². The van der Waals surface area contributed by atoms with Crippen molar-refractivity contribution in [2.45, 2.75) is 33.7 Å². The zero-order chi connectivity index (χ0) is 17.3. The van der Waals surface area contributed by atoms with E-state index >= 15 is 0 Å². The van der Waals surface area contributed by atoms with Crippen LogP contribution in [0.25, 0.3) is 10.6 Å². The predicted octanol–water partition coefficient (Wildman–Crippen LogP) is 3.46. The molecule has 2 N–H and O–H groups in total. The molecule has 1 amide bonds. The third kappa shape index (κ3) is 3.52. The second-order valence-corrected chi connectivity index (χ2v) is 7.80. The zero-order valence-corrected chi connectivity index (χ0v) is 15.5. The summed E-state index contributed by atoms with van der Waals surface area (Å²) in [6, 6.07) is 8.40. The number of aryl methyl sites for hydroxylation is 2. The van der Waals surface area contributed by atoms with E-state index in [-0.39, 0.29) is 17.9 Å². The number of nitrogens with one attached hydrogen (secondary N) is 2. The Balaban J connectivity index is 1.71. The normalized spacial score (nSPS) is 17.2. The van der Waals surface area contributed by atoms with Gasteiger partial charge in [-0.1, -0.05) is 36.8 Å². The van der Waals surface area contributed by atoms with Crippen molar-refractivity contribution in [3.05, 3.63) is 40.4 Å². The summed E-state index contributed by atoms with van der Waals surface area (Å²) in [4.78, 5) is 18.3. The van der Waals surface area contributed by atoms with Crippen LogP contribution in [-0.2, 0) is 4.79 Å². The molecular weight excluding hydrogens is 318 g/mol. The van der Waals surface area contributed by atoms with E-state index in [9.17, 15) is 4.79 Å². The van der Waals surface area contributed by atoms with Crippen molar-refractivity contribution < 1.29 is 4.79 Å². The van der Waals surface area contributed by atoms with Crippen molar-refractivity contribution in [3.8, 4) is 10.6 Å². The first kappa shape index (κ1) is 17.1. The SMILES string of the molecule is Cc1ccc(-c2nc(C)c(C(C)NC(=O)C(C)C3CNC3)s2)cc1. The van der Waals surface area contributed by atoms with Crippen molar-refractivity contribution in [2.75, 3.05) is 13.1 Å². The van der Waals surface area contributed by atoms with Crippen molar-refractivity contribution in [2.24, 2.45) is 11.8 Å². The molecule has 1 aromatic heterocycles. The maximum Gasteiger partial charge on any atom is 0.223 e. The number of aromatic nitrogens is 1. The minimum Gasteiger partial charge on any atom is -0.348 e. The molecule has 1 aliphatic heterocycles. The van der Waals surface area contributed by atoms with E-state index in [1.165, 1.54) is 5.56 Å².